The molecule has 0 aromatic carbocycles. The molecular formula is C17H21BrN2O3S. The zero-order valence-electron chi connectivity index (χ0n) is 14.2. The van der Waals surface area contributed by atoms with E-state index in [1.807, 2.05) is 24.1 Å². The van der Waals surface area contributed by atoms with Gasteiger partial charge in [-0.25, -0.2) is 4.79 Å². The summed E-state index contributed by atoms with van der Waals surface area (Å²) in [6, 6.07) is 4.04. The molecule has 0 aliphatic heterocycles. The molecule has 0 saturated heterocycles. The average molecular weight is 413 g/mol. The summed E-state index contributed by atoms with van der Waals surface area (Å²) in [5, 5.41) is 0. The Labute approximate surface area is 154 Å². The minimum Gasteiger partial charge on any atom is -0.461 e. The SMILES string of the molecule is CCOC(=O)c1[nH]c(C)c(C(=O)CN(C)Cc2ccc(Br)s2)c1C. The van der Waals surface area contributed by atoms with Gasteiger partial charge >= 0.3 is 5.97 Å². The molecule has 5 nitrogen and oxygen atoms in total. The van der Waals surface area contributed by atoms with Crippen LogP contribution in [-0.4, -0.2) is 41.8 Å². The van der Waals surface area contributed by atoms with Gasteiger partial charge in [-0.2, -0.15) is 0 Å². The second-order valence-electron chi connectivity index (χ2n) is 5.65. The predicted octanol–water partition coefficient (Wildman–Crippen LogP) is 3.95. The van der Waals surface area contributed by atoms with Crippen LogP contribution in [0.5, 0.6) is 0 Å². The highest BCUT2D eigenvalue weighted by Crippen LogP contribution is 2.24. The third-order valence-corrected chi connectivity index (χ3v) is 5.27. The summed E-state index contributed by atoms with van der Waals surface area (Å²) in [6.45, 7) is 6.64. The highest BCUT2D eigenvalue weighted by Gasteiger charge is 2.23. The number of carbonyl (C=O) groups is 2. The number of likely N-dealkylation sites (N-methyl/N-ethyl adjacent to an activating group) is 1. The largest absolute Gasteiger partial charge is 0.461 e. The van der Waals surface area contributed by atoms with Crippen molar-refractivity contribution in [2.75, 3.05) is 20.2 Å². The minimum absolute atomic E-state index is 0.00470. The minimum atomic E-state index is -0.422. The third kappa shape index (κ3) is 4.34. The number of Topliss-reactive ketones (excluding diaryl/α,β-unsaturated/α-hetero) is 1. The van der Waals surface area contributed by atoms with E-state index in [9.17, 15) is 9.59 Å². The summed E-state index contributed by atoms with van der Waals surface area (Å²) < 4.78 is 6.10. The van der Waals surface area contributed by atoms with Crippen LogP contribution >= 0.6 is 27.3 Å². The second kappa shape index (κ2) is 8.09. The topological polar surface area (TPSA) is 62.4 Å². The van der Waals surface area contributed by atoms with E-state index in [1.165, 1.54) is 4.88 Å². The van der Waals surface area contributed by atoms with Crippen molar-refractivity contribution in [2.45, 2.75) is 27.3 Å². The highest BCUT2D eigenvalue weighted by atomic mass is 79.9. The van der Waals surface area contributed by atoms with Gasteiger partial charge in [0.25, 0.3) is 0 Å². The van der Waals surface area contributed by atoms with Gasteiger partial charge in [0, 0.05) is 22.7 Å². The fourth-order valence-corrected chi connectivity index (χ4v) is 4.22. The molecule has 0 spiro atoms. The summed E-state index contributed by atoms with van der Waals surface area (Å²) in [5.41, 5.74) is 2.30. The van der Waals surface area contributed by atoms with Crippen molar-refractivity contribution < 1.29 is 14.3 Å². The Hall–Kier alpha value is -1.44. The van der Waals surface area contributed by atoms with Gasteiger partial charge in [-0.05, 0) is 61.4 Å². The molecule has 0 saturated carbocycles. The lowest BCUT2D eigenvalue weighted by atomic mass is 10.1. The van der Waals surface area contributed by atoms with Gasteiger partial charge < -0.3 is 9.72 Å². The van der Waals surface area contributed by atoms with Gasteiger partial charge in [0.1, 0.15) is 5.69 Å². The summed E-state index contributed by atoms with van der Waals surface area (Å²) in [5.74, 6) is -0.427. The molecule has 7 heteroatoms. The molecule has 0 amide bonds. The summed E-state index contributed by atoms with van der Waals surface area (Å²) in [6.07, 6.45) is 0. The van der Waals surface area contributed by atoms with Crippen molar-refractivity contribution in [3.63, 3.8) is 0 Å². The lowest BCUT2D eigenvalue weighted by Gasteiger charge is -2.15. The van der Waals surface area contributed by atoms with Crippen molar-refractivity contribution in [1.82, 2.24) is 9.88 Å². The highest BCUT2D eigenvalue weighted by molar-refractivity contribution is 9.11. The first kappa shape index (κ1) is 18.9. The number of aromatic amines is 1. The van der Waals surface area contributed by atoms with Crippen LogP contribution in [0.1, 0.15) is 43.9 Å². The Morgan fingerprint density at radius 1 is 1.33 bits per heavy atom. The van der Waals surface area contributed by atoms with E-state index in [1.54, 1.807) is 32.1 Å². The van der Waals surface area contributed by atoms with Gasteiger partial charge in [-0.15, -0.1) is 11.3 Å². The molecule has 0 aliphatic rings. The number of hydrogen-bond donors (Lipinski definition) is 1. The van der Waals surface area contributed by atoms with Crippen LogP contribution in [0, 0.1) is 13.8 Å². The van der Waals surface area contributed by atoms with E-state index in [0.717, 1.165) is 3.79 Å². The Morgan fingerprint density at radius 3 is 2.62 bits per heavy atom. The molecule has 0 fully saturated rings. The third-order valence-electron chi connectivity index (χ3n) is 3.66. The Bertz CT molecular complexity index is 751. The van der Waals surface area contributed by atoms with Gasteiger partial charge in [0.2, 0.25) is 0 Å². The molecule has 0 radical (unpaired) electrons. The van der Waals surface area contributed by atoms with Gasteiger partial charge in [-0.3, -0.25) is 9.69 Å². The first-order valence-corrected chi connectivity index (χ1v) is 9.26. The number of thiophene rings is 1. The molecule has 2 heterocycles. The molecule has 0 atom stereocenters. The number of carbonyl (C=O) groups excluding carboxylic acids is 2. The van der Waals surface area contributed by atoms with Gasteiger partial charge in [0.15, 0.2) is 5.78 Å². The summed E-state index contributed by atoms with van der Waals surface area (Å²) in [7, 11) is 1.91. The van der Waals surface area contributed by atoms with E-state index < -0.39 is 5.97 Å². The number of aromatic nitrogens is 1. The maximum absolute atomic E-state index is 12.7. The molecule has 0 bridgehead atoms. The van der Waals surface area contributed by atoms with Crippen LogP contribution in [-0.2, 0) is 11.3 Å². The van der Waals surface area contributed by atoms with Crippen molar-refractivity contribution in [3.05, 3.63) is 43.3 Å². The van der Waals surface area contributed by atoms with E-state index in [0.29, 0.717) is 35.7 Å². The lowest BCUT2D eigenvalue weighted by Crippen LogP contribution is -2.26. The number of halogens is 1. The Kier molecular flexibility index (Phi) is 6.37. The van der Waals surface area contributed by atoms with Crippen LogP contribution in [0.3, 0.4) is 0 Å². The maximum atomic E-state index is 12.7. The average Bonchev–Trinajstić information content (AvgIpc) is 3.02. The van der Waals surface area contributed by atoms with Gasteiger partial charge in [0.05, 0.1) is 16.9 Å². The van der Waals surface area contributed by atoms with E-state index in [4.69, 9.17) is 4.74 Å². The number of aryl methyl sites for hydroxylation is 1. The van der Waals surface area contributed by atoms with Crippen molar-refractivity contribution in [2.24, 2.45) is 0 Å². The van der Waals surface area contributed by atoms with Crippen LogP contribution in [0.2, 0.25) is 0 Å². The van der Waals surface area contributed by atoms with Crippen molar-refractivity contribution in [3.8, 4) is 0 Å². The predicted molar refractivity (Wildman–Crippen MR) is 98.9 cm³/mol. The van der Waals surface area contributed by atoms with Crippen molar-refractivity contribution >= 4 is 39.0 Å². The van der Waals surface area contributed by atoms with Crippen LogP contribution in [0.4, 0.5) is 0 Å². The number of nitrogens with zero attached hydrogens (tertiary/aromatic N) is 1. The summed E-state index contributed by atoms with van der Waals surface area (Å²) in [4.78, 5) is 30.7. The smallest absolute Gasteiger partial charge is 0.355 e. The normalized spacial score (nSPS) is 11.1. The van der Waals surface area contributed by atoms with Crippen molar-refractivity contribution in [1.29, 1.82) is 0 Å². The number of rotatable bonds is 7. The van der Waals surface area contributed by atoms with Crippen LogP contribution in [0.15, 0.2) is 15.9 Å². The monoisotopic (exact) mass is 412 g/mol. The molecule has 2 aromatic rings. The lowest BCUT2D eigenvalue weighted by molar-refractivity contribution is 0.0519. The standard InChI is InChI=1S/C17H21BrN2O3S/c1-5-23-17(22)16-10(2)15(11(3)19-16)13(21)9-20(4)8-12-6-7-14(18)24-12/h6-7,19H,5,8-9H2,1-4H3. The Balaban J connectivity index is 2.10. The van der Waals surface area contributed by atoms with Gasteiger partial charge in [-0.1, -0.05) is 0 Å². The number of ketones is 1. The fourth-order valence-electron chi connectivity index (χ4n) is 2.66. The summed E-state index contributed by atoms with van der Waals surface area (Å²) >= 11 is 5.10. The molecule has 130 valence electrons. The van der Waals surface area contributed by atoms with Crippen LogP contribution in [0.25, 0.3) is 0 Å². The quantitative estimate of drug-likeness (QED) is 0.552. The molecule has 2 rings (SSSR count). The van der Waals surface area contributed by atoms with E-state index in [-0.39, 0.29) is 12.3 Å². The number of ether oxygens (including phenoxy) is 1. The molecule has 24 heavy (non-hydrogen) atoms. The zero-order valence-corrected chi connectivity index (χ0v) is 16.6. The number of hydrogen-bond acceptors (Lipinski definition) is 5. The molecule has 1 N–H and O–H groups in total. The molecular weight excluding hydrogens is 392 g/mol. The first-order valence-electron chi connectivity index (χ1n) is 7.65. The Morgan fingerprint density at radius 2 is 2.04 bits per heavy atom. The molecule has 0 aliphatic carbocycles. The number of H-pyrrole nitrogens is 1. The van der Waals surface area contributed by atoms with Crippen LogP contribution < -0.4 is 0 Å². The zero-order chi connectivity index (χ0) is 17.9. The molecule has 0 unspecified atom stereocenters. The maximum Gasteiger partial charge on any atom is 0.355 e. The number of esters is 1. The van der Waals surface area contributed by atoms with E-state index in [2.05, 4.69) is 20.9 Å². The second-order valence-corrected chi connectivity index (χ2v) is 8.19. The fraction of sp³-hybridized carbons (Fsp3) is 0.412. The van der Waals surface area contributed by atoms with E-state index >= 15 is 0 Å². The first-order chi connectivity index (χ1) is 11.3. The number of nitrogens with one attached hydrogen (secondary N) is 1. The molecule has 2 aromatic heterocycles.